The Bertz CT molecular complexity index is 589. The van der Waals surface area contributed by atoms with Crippen molar-refractivity contribution >= 4 is 27.8 Å². The summed E-state index contributed by atoms with van der Waals surface area (Å²) in [6.07, 6.45) is 1.98. The van der Waals surface area contributed by atoms with E-state index in [0.717, 1.165) is 12.1 Å². The molecule has 1 aromatic carbocycles. The van der Waals surface area contributed by atoms with Gasteiger partial charge in [-0.05, 0) is 49.1 Å². The third-order valence-electron chi connectivity index (χ3n) is 2.65. The number of carbonyl (C=O) groups is 1. The molecule has 0 saturated carbocycles. The summed E-state index contributed by atoms with van der Waals surface area (Å²) in [5, 5.41) is 9.01. The highest BCUT2D eigenvalue weighted by molar-refractivity contribution is 7.98. The van der Waals surface area contributed by atoms with Crippen molar-refractivity contribution in [3.05, 3.63) is 29.6 Å². The van der Waals surface area contributed by atoms with Gasteiger partial charge in [-0.3, -0.25) is 4.79 Å². The number of benzene rings is 1. The van der Waals surface area contributed by atoms with E-state index >= 15 is 0 Å². The number of aryl methyl sites for hydroxylation is 1. The first kappa shape index (κ1) is 16.9. The highest BCUT2D eigenvalue weighted by atomic mass is 32.2. The van der Waals surface area contributed by atoms with E-state index in [9.17, 15) is 17.6 Å². The van der Waals surface area contributed by atoms with Gasteiger partial charge < -0.3 is 5.11 Å². The molecule has 1 rings (SSSR count). The molecule has 0 radical (unpaired) electrons. The topological polar surface area (TPSA) is 83.5 Å². The quantitative estimate of drug-likeness (QED) is 0.797. The van der Waals surface area contributed by atoms with E-state index in [1.165, 1.54) is 24.8 Å². The Labute approximate surface area is 121 Å². The molecule has 1 aromatic rings. The molecule has 0 heterocycles. The Balaban J connectivity index is 2.97. The summed E-state index contributed by atoms with van der Waals surface area (Å²) in [6.45, 7) is 1.44. The van der Waals surface area contributed by atoms with E-state index in [4.69, 9.17) is 5.11 Å². The number of hydrogen-bond acceptors (Lipinski definition) is 4. The fourth-order valence-corrected chi connectivity index (χ4v) is 3.29. The van der Waals surface area contributed by atoms with E-state index < -0.39 is 27.9 Å². The number of rotatable bonds is 7. The van der Waals surface area contributed by atoms with Crippen LogP contribution in [0.5, 0.6) is 0 Å². The molecular formula is C12H16FNO4S2. The van der Waals surface area contributed by atoms with Crippen LogP contribution in [0.4, 0.5) is 4.39 Å². The Morgan fingerprint density at radius 2 is 2.15 bits per heavy atom. The highest BCUT2D eigenvalue weighted by Gasteiger charge is 2.25. The number of thioether (sulfide) groups is 1. The summed E-state index contributed by atoms with van der Waals surface area (Å²) in [6, 6.07) is 2.13. The van der Waals surface area contributed by atoms with Crippen molar-refractivity contribution in [2.24, 2.45) is 0 Å². The monoisotopic (exact) mass is 321 g/mol. The van der Waals surface area contributed by atoms with Crippen molar-refractivity contribution in [1.29, 1.82) is 0 Å². The van der Waals surface area contributed by atoms with Crippen LogP contribution in [-0.2, 0) is 14.8 Å². The summed E-state index contributed by atoms with van der Waals surface area (Å²) < 4.78 is 39.4. The van der Waals surface area contributed by atoms with Gasteiger partial charge >= 0.3 is 5.97 Å². The zero-order valence-corrected chi connectivity index (χ0v) is 12.7. The minimum Gasteiger partial charge on any atom is -0.480 e. The van der Waals surface area contributed by atoms with Gasteiger partial charge in [0.15, 0.2) is 0 Å². The first-order chi connectivity index (χ1) is 9.27. The van der Waals surface area contributed by atoms with Crippen molar-refractivity contribution in [1.82, 2.24) is 4.72 Å². The van der Waals surface area contributed by atoms with Crippen molar-refractivity contribution in [3.8, 4) is 0 Å². The van der Waals surface area contributed by atoms with Crippen LogP contribution in [0.3, 0.4) is 0 Å². The lowest BCUT2D eigenvalue weighted by Gasteiger charge is -2.14. The number of nitrogens with one attached hydrogen (secondary N) is 1. The summed E-state index contributed by atoms with van der Waals surface area (Å²) in [4.78, 5) is 10.9. The summed E-state index contributed by atoms with van der Waals surface area (Å²) in [5.74, 6) is -1.23. The molecule has 0 unspecified atom stereocenters. The molecule has 0 bridgehead atoms. The van der Waals surface area contributed by atoms with Crippen LogP contribution < -0.4 is 4.72 Å². The predicted molar refractivity (Wildman–Crippen MR) is 75.9 cm³/mol. The SMILES string of the molecule is CSCC[C@@H](NS(=O)(=O)c1ccc(F)c(C)c1)C(=O)O. The van der Waals surface area contributed by atoms with Gasteiger partial charge in [-0.15, -0.1) is 0 Å². The van der Waals surface area contributed by atoms with Gasteiger partial charge in [0.2, 0.25) is 10.0 Å². The second-order valence-electron chi connectivity index (χ2n) is 4.20. The molecule has 112 valence electrons. The summed E-state index contributed by atoms with van der Waals surface area (Å²) >= 11 is 1.43. The molecule has 8 heteroatoms. The molecule has 0 amide bonds. The van der Waals surface area contributed by atoms with Crippen LogP contribution in [0.15, 0.2) is 23.1 Å². The minimum absolute atomic E-state index is 0.146. The van der Waals surface area contributed by atoms with Crippen LogP contribution >= 0.6 is 11.8 Å². The number of aliphatic carboxylic acids is 1. The van der Waals surface area contributed by atoms with E-state index in [1.807, 2.05) is 0 Å². The Morgan fingerprint density at radius 1 is 1.50 bits per heavy atom. The third-order valence-corrected chi connectivity index (χ3v) is 4.76. The van der Waals surface area contributed by atoms with Crippen LogP contribution in [0.25, 0.3) is 0 Å². The second kappa shape index (κ2) is 7.05. The first-order valence-electron chi connectivity index (χ1n) is 5.78. The van der Waals surface area contributed by atoms with E-state index in [2.05, 4.69) is 4.72 Å². The average Bonchev–Trinajstić information content (AvgIpc) is 2.37. The standard InChI is InChI=1S/C12H16FNO4S2/c1-8-7-9(3-4-10(8)13)20(17,18)14-11(12(15)16)5-6-19-2/h3-4,7,11,14H,5-6H2,1-2H3,(H,15,16)/t11-/m1/s1. The number of carboxylic acid groups (broad SMARTS) is 1. The summed E-state index contributed by atoms with van der Waals surface area (Å²) in [7, 11) is -3.98. The second-order valence-corrected chi connectivity index (χ2v) is 6.90. The number of sulfonamides is 1. The van der Waals surface area contributed by atoms with E-state index in [-0.39, 0.29) is 16.9 Å². The molecule has 0 fully saturated rings. The Morgan fingerprint density at radius 3 is 2.65 bits per heavy atom. The fraction of sp³-hybridized carbons (Fsp3) is 0.417. The van der Waals surface area contributed by atoms with Gasteiger partial charge in [-0.25, -0.2) is 12.8 Å². The van der Waals surface area contributed by atoms with Gasteiger partial charge in [-0.1, -0.05) is 0 Å². The summed E-state index contributed by atoms with van der Waals surface area (Å²) in [5.41, 5.74) is 0.184. The van der Waals surface area contributed by atoms with E-state index in [0.29, 0.717) is 5.75 Å². The molecule has 0 aliphatic carbocycles. The van der Waals surface area contributed by atoms with Crippen LogP contribution in [0.2, 0.25) is 0 Å². The molecular weight excluding hydrogens is 305 g/mol. The average molecular weight is 321 g/mol. The van der Waals surface area contributed by atoms with Gasteiger partial charge in [0.25, 0.3) is 0 Å². The zero-order valence-electron chi connectivity index (χ0n) is 11.1. The smallest absolute Gasteiger partial charge is 0.321 e. The van der Waals surface area contributed by atoms with Crippen LogP contribution in [-0.4, -0.2) is 37.5 Å². The van der Waals surface area contributed by atoms with Gasteiger partial charge in [0.05, 0.1) is 4.90 Å². The first-order valence-corrected chi connectivity index (χ1v) is 8.66. The highest BCUT2D eigenvalue weighted by Crippen LogP contribution is 2.15. The van der Waals surface area contributed by atoms with Crippen molar-refractivity contribution in [2.45, 2.75) is 24.3 Å². The molecule has 0 spiro atoms. The van der Waals surface area contributed by atoms with Crippen molar-refractivity contribution in [2.75, 3.05) is 12.0 Å². The lowest BCUT2D eigenvalue weighted by atomic mass is 10.2. The van der Waals surface area contributed by atoms with Gasteiger partial charge in [0, 0.05) is 0 Å². The minimum atomic E-state index is -3.98. The number of hydrogen-bond donors (Lipinski definition) is 2. The maximum atomic E-state index is 13.1. The van der Waals surface area contributed by atoms with Crippen LogP contribution in [0.1, 0.15) is 12.0 Å². The Kier molecular flexibility index (Phi) is 5.97. The molecule has 1 atom stereocenters. The molecule has 20 heavy (non-hydrogen) atoms. The number of halogens is 1. The molecule has 0 saturated heterocycles. The molecule has 5 nitrogen and oxygen atoms in total. The lowest BCUT2D eigenvalue weighted by Crippen LogP contribution is -2.41. The third kappa shape index (κ3) is 4.46. The Hall–Kier alpha value is -1.12. The number of carboxylic acids is 1. The molecule has 0 aliphatic heterocycles. The maximum Gasteiger partial charge on any atom is 0.321 e. The molecule has 0 aromatic heterocycles. The molecule has 0 aliphatic rings. The van der Waals surface area contributed by atoms with Crippen molar-refractivity contribution in [3.63, 3.8) is 0 Å². The van der Waals surface area contributed by atoms with Crippen LogP contribution in [0, 0.1) is 12.7 Å². The zero-order chi connectivity index (χ0) is 15.3. The normalized spacial score (nSPS) is 13.2. The fourth-order valence-electron chi connectivity index (χ4n) is 1.51. The largest absolute Gasteiger partial charge is 0.480 e. The maximum absolute atomic E-state index is 13.1. The van der Waals surface area contributed by atoms with Gasteiger partial charge in [-0.2, -0.15) is 16.5 Å². The molecule has 2 N–H and O–H groups in total. The van der Waals surface area contributed by atoms with E-state index in [1.54, 1.807) is 6.26 Å². The van der Waals surface area contributed by atoms with Gasteiger partial charge in [0.1, 0.15) is 11.9 Å². The predicted octanol–water partition coefficient (Wildman–Crippen LogP) is 1.62. The van der Waals surface area contributed by atoms with Crippen molar-refractivity contribution < 1.29 is 22.7 Å². The lowest BCUT2D eigenvalue weighted by molar-refractivity contribution is -0.139.